The van der Waals surface area contributed by atoms with Crippen LogP contribution >= 0.6 is 23.2 Å². The molecular formula is C11H17Cl2N3O2. The van der Waals surface area contributed by atoms with Crippen LogP contribution in [0.2, 0.25) is 10.0 Å². The van der Waals surface area contributed by atoms with Crippen LogP contribution in [0.25, 0.3) is 0 Å². The van der Waals surface area contributed by atoms with E-state index in [9.17, 15) is 5.11 Å². The van der Waals surface area contributed by atoms with Crippen molar-refractivity contribution in [1.29, 1.82) is 0 Å². The fourth-order valence-corrected chi connectivity index (χ4v) is 1.73. The Kier molecular flexibility index (Phi) is 6.49. The average Bonchev–Trinajstić information content (AvgIpc) is 2.36. The van der Waals surface area contributed by atoms with E-state index in [1.54, 1.807) is 6.07 Å². The highest BCUT2D eigenvalue weighted by molar-refractivity contribution is 6.37. The molecule has 7 heteroatoms. The van der Waals surface area contributed by atoms with Crippen molar-refractivity contribution >= 4 is 34.8 Å². The van der Waals surface area contributed by atoms with Crippen molar-refractivity contribution < 1.29 is 10.2 Å². The van der Waals surface area contributed by atoms with Crippen LogP contribution in [0.5, 0.6) is 0 Å². The quantitative estimate of drug-likeness (QED) is 0.618. The van der Waals surface area contributed by atoms with Gasteiger partial charge in [-0.2, -0.15) is 0 Å². The number of aliphatic hydroxyl groups excluding tert-OH is 2. The molecule has 0 aliphatic heterocycles. The Morgan fingerprint density at radius 1 is 1.28 bits per heavy atom. The zero-order valence-corrected chi connectivity index (χ0v) is 11.6. The molecular weight excluding hydrogens is 277 g/mol. The second-order valence-electron chi connectivity index (χ2n) is 3.79. The lowest BCUT2D eigenvalue weighted by molar-refractivity contribution is 0.105. The summed E-state index contributed by atoms with van der Waals surface area (Å²) in [5.41, 5.74) is 0. The minimum Gasteiger partial charge on any atom is -0.394 e. The van der Waals surface area contributed by atoms with Gasteiger partial charge in [-0.3, -0.25) is 0 Å². The van der Waals surface area contributed by atoms with Gasteiger partial charge in [0.05, 0.1) is 22.8 Å². The molecule has 0 amide bonds. The molecule has 1 unspecified atom stereocenters. The number of hydrogen-bond donors (Lipinski definition) is 4. The Labute approximate surface area is 116 Å². The van der Waals surface area contributed by atoms with Crippen LogP contribution in [0.1, 0.15) is 13.3 Å². The van der Waals surface area contributed by atoms with E-state index in [4.69, 9.17) is 28.3 Å². The van der Waals surface area contributed by atoms with Gasteiger partial charge in [0.15, 0.2) is 0 Å². The molecule has 4 N–H and O–H groups in total. The van der Waals surface area contributed by atoms with Crippen molar-refractivity contribution in [2.24, 2.45) is 0 Å². The van der Waals surface area contributed by atoms with E-state index in [1.807, 2.05) is 6.92 Å². The van der Waals surface area contributed by atoms with Crippen molar-refractivity contribution in [2.45, 2.75) is 19.4 Å². The predicted octanol–water partition coefficient (Wildman–Crippen LogP) is 1.98. The van der Waals surface area contributed by atoms with Crippen LogP contribution in [-0.4, -0.2) is 41.0 Å². The number of rotatable bonds is 7. The lowest BCUT2D eigenvalue weighted by Crippen LogP contribution is -2.23. The molecule has 0 aliphatic rings. The zero-order valence-electron chi connectivity index (χ0n) is 10.1. The number of halogens is 2. The summed E-state index contributed by atoms with van der Waals surface area (Å²) in [4.78, 5) is 4.24. The lowest BCUT2D eigenvalue weighted by Gasteiger charge is -2.13. The molecule has 0 saturated heterocycles. The summed E-state index contributed by atoms with van der Waals surface area (Å²) in [6, 6.07) is 1.59. The number of hydrogen-bond acceptors (Lipinski definition) is 5. The maximum absolute atomic E-state index is 9.25. The number of aromatic nitrogens is 1. The predicted molar refractivity (Wildman–Crippen MR) is 74.6 cm³/mol. The van der Waals surface area contributed by atoms with Gasteiger partial charge < -0.3 is 20.8 Å². The number of pyridine rings is 1. The molecule has 1 atom stereocenters. The van der Waals surface area contributed by atoms with E-state index in [2.05, 4.69) is 15.6 Å². The lowest BCUT2D eigenvalue weighted by atomic mass is 10.3. The minimum absolute atomic E-state index is 0.165. The van der Waals surface area contributed by atoms with Crippen molar-refractivity contribution in [1.82, 2.24) is 4.98 Å². The van der Waals surface area contributed by atoms with Crippen molar-refractivity contribution in [3.8, 4) is 0 Å². The molecule has 0 radical (unpaired) electrons. The Bertz CT molecular complexity index is 391. The number of nitrogens with zero attached hydrogens (tertiary/aromatic N) is 1. The van der Waals surface area contributed by atoms with Gasteiger partial charge in [0, 0.05) is 13.1 Å². The van der Waals surface area contributed by atoms with Gasteiger partial charge in [0.1, 0.15) is 11.6 Å². The Balaban J connectivity index is 2.77. The van der Waals surface area contributed by atoms with Crippen LogP contribution in [-0.2, 0) is 0 Å². The molecule has 0 aliphatic carbocycles. The van der Waals surface area contributed by atoms with Crippen LogP contribution in [0.3, 0.4) is 0 Å². The molecule has 1 rings (SSSR count). The summed E-state index contributed by atoms with van der Waals surface area (Å²) < 4.78 is 0. The number of aliphatic hydroxyl groups is 2. The average molecular weight is 294 g/mol. The maximum atomic E-state index is 9.25. The molecule has 0 spiro atoms. The van der Waals surface area contributed by atoms with Crippen molar-refractivity contribution in [2.75, 3.05) is 30.3 Å². The second kappa shape index (κ2) is 7.63. The van der Waals surface area contributed by atoms with E-state index < -0.39 is 6.10 Å². The first-order chi connectivity index (χ1) is 8.58. The molecule has 1 aromatic rings. The SMILES string of the molecule is CCCNc1nc(NCC(O)CO)c(Cl)cc1Cl. The summed E-state index contributed by atoms with van der Waals surface area (Å²) in [7, 11) is 0. The fraction of sp³-hybridized carbons (Fsp3) is 0.545. The molecule has 1 aromatic heterocycles. The highest BCUT2D eigenvalue weighted by atomic mass is 35.5. The van der Waals surface area contributed by atoms with Gasteiger partial charge in [-0.1, -0.05) is 30.1 Å². The fourth-order valence-electron chi connectivity index (χ4n) is 1.24. The van der Waals surface area contributed by atoms with Crippen LogP contribution in [0.4, 0.5) is 11.6 Å². The van der Waals surface area contributed by atoms with E-state index in [1.165, 1.54) is 0 Å². The normalized spacial score (nSPS) is 12.3. The van der Waals surface area contributed by atoms with Crippen LogP contribution in [0, 0.1) is 0 Å². The van der Waals surface area contributed by atoms with Crippen LogP contribution in [0.15, 0.2) is 6.07 Å². The highest BCUT2D eigenvalue weighted by Gasteiger charge is 2.10. The van der Waals surface area contributed by atoms with Gasteiger partial charge in [0.2, 0.25) is 0 Å². The highest BCUT2D eigenvalue weighted by Crippen LogP contribution is 2.29. The van der Waals surface area contributed by atoms with Gasteiger partial charge >= 0.3 is 0 Å². The van der Waals surface area contributed by atoms with E-state index >= 15 is 0 Å². The zero-order chi connectivity index (χ0) is 13.5. The smallest absolute Gasteiger partial charge is 0.147 e. The Hall–Kier alpha value is -0.750. The van der Waals surface area contributed by atoms with Gasteiger partial charge in [-0.05, 0) is 12.5 Å². The van der Waals surface area contributed by atoms with Crippen molar-refractivity contribution in [3.63, 3.8) is 0 Å². The monoisotopic (exact) mass is 293 g/mol. The van der Waals surface area contributed by atoms with Gasteiger partial charge in [0.25, 0.3) is 0 Å². The molecule has 5 nitrogen and oxygen atoms in total. The summed E-state index contributed by atoms with van der Waals surface area (Å²) >= 11 is 12.0. The second-order valence-corrected chi connectivity index (χ2v) is 4.61. The summed E-state index contributed by atoms with van der Waals surface area (Å²) in [6.07, 6.45) is 0.0951. The first kappa shape index (κ1) is 15.3. The third kappa shape index (κ3) is 4.49. The Morgan fingerprint density at radius 2 is 1.89 bits per heavy atom. The van der Waals surface area contributed by atoms with E-state index in [-0.39, 0.29) is 13.2 Å². The largest absolute Gasteiger partial charge is 0.394 e. The van der Waals surface area contributed by atoms with E-state index in [0.29, 0.717) is 21.7 Å². The summed E-state index contributed by atoms with van der Waals surface area (Å²) in [5.74, 6) is 0.969. The molecule has 102 valence electrons. The number of anilines is 2. The topological polar surface area (TPSA) is 77.4 Å². The first-order valence-corrected chi connectivity index (χ1v) is 6.46. The third-order valence-electron chi connectivity index (χ3n) is 2.19. The molecule has 0 aromatic carbocycles. The van der Waals surface area contributed by atoms with Crippen molar-refractivity contribution in [3.05, 3.63) is 16.1 Å². The summed E-state index contributed by atoms with van der Waals surface area (Å²) in [6.45, 7) is 2.64. The number of nitrogens with one attached hydrogen (secondary N) is 2. The minimum atomic E-state index is -0.856. The molecule has 0 bridgehead atoms. The third-order valence-corrected chi connectivity index (χ3v) is 2.76. The molecule has 0 saturated carbocycles. The van der Waals surface area contributed by atoms with Crippen LogP contribution < -0.4 is 10.6 Å². The summed E-state index contributed by atoms with van der Waals surface area (Å²) in [5, 5.41) is 24.7. The Morgan fingerprint density at radius 3 is 2.44 bits per heavy atom. The standard InChI is InChI=1S/C11H17Cl2N3O2/c1-2-3-14-10-8(12)4-9(13)11(16-10)15-5-7(18)6-17/h4,7,17-18H,2-3,5-6H2,1H3,(H2,14,15,16). The first-order valence-electron chi connectivity index (χ1n) is 5.71. The maximum Gasteiger partial charge on any atom is 0.147 e. The molecule has 0 fully saturated rings. The van der Waals surface area contributed by atoms with E-state index in [0.717, 1.165) is 13.0 Å². The molecule has 18 heavy (non-hydrogen) atoms. The molecule has 1 heterocycles. The van der Waals surface area contributed by atoms with Gasteiger partial charge in [-0.15, -0.1) is 0 Å². The van der Waals surface area contributed by atoms with Gasteiger partial charge in [-0.25, -0.2) is 4.98 Å².